The Morgan fingerprint density at radius 1 is 1.28 bits per heavy atom. The summed E-state index contributed by atoms with van der Waals surface area (Å²) in [5, 5.41) is 9.04. The van der Waals surface area contributed by atoms with Gasteiger partial charge in [0.25, 0.3) is 0 Å². The van der Waals surface area contributed by atoms with E-state index in [0.717, 1.165) is 12.7 Å². The van der Waals surface area contributed by atoms with Crippen LogP contribution in [0.2, 0.25) is 0 Å². The SMILES string of the molecule is C=C/C(C)=C(\C=C)C(C)C1CC/C(=C/C=C/O)C(CSCCC)CC1. The molecule has 0 heterocycles. The molecule has 1 rings (SSSR count). The van der Waals surface area contributed by atoms with E-state index >= 15 is 0 Å². The predicted octanol–water partition coefficient (Wildman–Crippen LogP) is 7.26. The third-order valence-electron chi connectivity index (χ3n) is 5.46. The molecule has 0 aliphatic heterocycles. The Morgan fingerprint density at radius 2 is 2.04 bits per heavy atom. The van der Waals surface area contributed by atoms with Gasteiger partial charge in [-0.15, -0.1) is 0 Å². The lowest BCUT2D eigenvalue weighted by Crippen LogP contribution is -2.14. The monoisotopic (exact) mass is 360 g/mol. The molecule has 1 fully saturated rings. The Hall–Kier alpha value is -1.15. The number of rotatable bonds is 9. The van der Waals surface area contributed by atoms with E-state index in [4.69, 9.17) is 5.11 Å². The van der Waals surface area contributed by atoms with Gasteiger partial charge >= 0.3 is 0 Å². The number of allylic oxidation sites excluding steroid dienone is 7. The molecular formula is C23H36OS. The predicted molar refractivity (Wildman–Crippen MR) is 115 cm³/mol. The van der Waals surface area contributed by atoms with E-state index < -0.39 is 0 Å². The molecular weight excluding hydrogens is 324 g/mol. The van der Waals surface area contributed by atoms with Crippen molar-refractivity contribution in [2.24, 2.45) is 17.8 Å². The van der Waals surface area contributed by atoms with Crippen LogP contribution in [0, 0.1) is 17.8 Å². The van der Waals surface area contributed by atoms with Crippen LogP contribution in [0.4, 0.5) is 0 Å². The molecule has 1 N–H and O–H groups in total. The third kappa shape index (κ3) is 6.93. The van der Waals surface area contributed by atoms with Crippen molar-refractivity contribution >= 4 is 11.8 Å². The largest absolute Gasteiger partial charge is 0.516 e. The molecule has 1 aliphatic rings. The normalized spacial score (nSPS) is 25.5. The zero-order chi connectivity index (χ0) is 18.7. The Kier molecular flexibility index (Phi) is 10.7. The lowest BCUT2D eigenvalue weighted by atomic mass is 9.80. The van der Waals surface area contributed by atoms with Crippen LogP contribution in [0.3, 0.4) is 0 Å². The van der Waals surface area contributed by atoms with Crippen molar-refractivity contribution in [2.75, 3.05) is 11.5 Å². The summed E-state index contributed by atoms with van der Waals surface area (Å²) < 4.78 is 0. The minimum absolute atomic E-state index is 0.521. The molecule has 25 heavy (non-hydrogen) atoms. The molecule has 3 unspecified atom stereocenters. The van der Waals surface area contributed by atoms with E-state index in [0.29, 0.717) is 17.8 Å². The zero-order valence-corrected chi connectivity index (χ0v) is 17.2. The van der Waals surface area contributed by atoms with Gasteiger partial charge in [0.15, 0.2) is 0 Å². The van der Waals surface area contributed by atoms with Crippen molar-refractivity contribution in [3.63, 3.8) is 0 Å². The molecule has 0 bridgehead atoms. The maximum atomic E-state index is 9.04. The first-order valence-corrected chi connectivity index (χ1v) is 10.8. The van der Waals surface area contributed by atoms with Gasteiger partial charge < -0.3 is 5.11 Å². The van der Waals surface area contributed by atoms with Gasteiger partial charge in [-0.2, -0.15) is 11.8 Å². The molecule has 0 amide bonds. The molecule has 140 valence electrons. The van der Waals surface area contributed by atoms with E-state index in [1.54, 1.807) is 6.08 Å². The highest BCUT2D eigenvalue weighted by Gasteiger charge is 2.27. The highest BCUT2D eigenvalue weighted by atomic mass is 32.2. The van der Waals surface area contributed by atoms with Crippen LogP contribution in [0.1, 0.15) is 52.9 Å². The second-order valence-corrected chi connectivity index (χ2v) is 8.22. The van der Waals surface area contributed by atoms with E-state index in [2.05, 4.69) is 51.8 Å². The van der Waals surface area contributed by atoms with Gasteiger partial charge in [0.05, 0.1) is 6.26 Å². The standard InChI is InChI=1S/C23H36OS/c1-6-16-25-17-22-14-12-20(11-13-21(22)10-9-15-24)19(5)23(8-3)18(4)7-2/h7-10,15,19-20,22,24H,2-3,6,11-14,16-17H2,1,4-5H3/b15-9+,21-10-,23-18+. The van der Waals surface area contributed by atoms with Crippen LogP contribution in [0.25, 0.3) is 0 Å². The molecule has 3 atom stereocenters. The lowest BCUT2D eigenvalue weighted by molar-refractivity contribution is 0.357. The molecule has 0 spiro atoms. The van der Waals surface area contributed by atoms with Gasteiger partial charge in [0, 0.05) is 0 Å². The van der Waals surface area contributed by atoms with Gasteiger partial charge in [-0.25, -0.2) is 0 Å². The summed E-state index contributed by atoms with van der Waals surface area (Å²) in [5.41, 5.74) is 4.11. The smallest absolute Gasteiger partial charge is 0.0791 e. The topological polar surface area (TPSA) is 20.2 Å². The van der Waals surface area contributed by atoms with Crippen LogP contribution < -0.4 is 0 Å². The fourth-order valence-electron chi connectivity index (χ4n) is 3.83. The van der Waals surface area contributed by atoms with Crippen LogP contribution in [-0.4, -0.2) is 16.6 Å². The minimum Gasteiger partial charge on any atom is -0.516 e. The third-order valence-corrected chi connectivity index (χ3v) is 6.79. The summed E-state index contributed by atoms with van der Waals surface area (Å²) in [4.78, 5) is 0. The van der Waals surface area contributed by atoms with Gasteiger partial charge in [-0.05, 0) is 85.5 Å². The van der Waals surface area contributed by atoms with E-state index in [1.807, 2.05) is 12.2 Å². The highest BCUT2D eigenvalue weighted by Crippen LogP contribution is 2.39. The van der Waals surface area contributed by atoms with Crippen LogP contribution in [0.5, 0.6) is 0 Å². The maximum absolute atomic E-state index is 9.04. The van der Waals surface area contributed by atoms with E-state index in [1.165, 1.54) is 53.9 Å². The van der Waals surface area contributed by atoms with Crippen molar-refractivity contribution < 1.29 is 5.11 Å². The van der Waals surface area contributed by atoms with Gasteiger partial charge in [-0.1, -0.05) is 50.8 Å². The van der Waals surface area contributed by atoms with Crippen molar-refractivity contribution in [2.45, 2.75) is 52.9 Å². The van der Waals surface area contributed by atoms with E-state index in [9.17, 15) is 0 Å². The number of thioether (sulfide) groups is 1. The maximum Gasteiger partial charge on any atom is 0.0791 e. The molecule has 2 heteroatoms. The number of hydrogen-bond donors (Lipinski definition) is 1. The lowest BCUT2D eigenvalue weighted by Gasteiger charge is -2.25. The molecule has 1 saturated carbocycles. The summed E-state index contributed by atoms with van der Waals surface area (Å²) in [6, 6.07) is 0. The summed E-state index contributed by atoms with van der Waals surface area (Å²) in [5.74, 6) is 4.29. The Bertz CT molecular complexity index is 512. The van der Waals surface area contributed by atoms with Crippen LogP contribution in [0.15, 0.2) is 60.4 Å². The first-order valence-electron chi connectivity index (χ1n) is 9.62. The Morgan fingerprint density at radius 3 is 2.64 bits per heavy atom. The minimum atomic E-state index is 0.521. The molecule has 0 aromatic rings. The van der Waals surface area contributed by atoms with Gasteiger partial charge in [0.2, 0.25) is 0 Å². The molecule has 1 aliphatic carbocycles. The molecule has 0 radical (unpaired) electrons. The molecule has 0 aromatic carbocycles. The van der Waals surface area contributed by atoms with Gasteiger partial charge in [0.1, 0.15) is 0 Å². The number of aliphatic hydroxyl groups excluding tert-OH is 1. The summed E-state index contributed by atoms with van der Waals surface area (Å²) in [6.07, 6.45) is 15.1. The first kappa shape index (κ1) is 21.9. The zero-order valence-electron chi connectivity index (χ0n) is 16.3. The first-order chi connectivity index (χ1) is 12.1. The van der Waals surface area contributed by atoms with Crippen molar-refractivity contribution in [3.8, 4) is 0 Å². The van der Waals surface area contributed by atoms with Crippen molar-refractivity contribution in [1.82, 2.24) is 0 Å². The number of aliphatic hydroxyl groups is 1. The quantitative estimate of drug-likeness (QED) is 0.202. The Balaban J connectivity index is 2.90. The average Bonchev–Trinajstić information content (AvgIpc) is 2.83. The van der Waals surface area contributed by atoms with Crippen LogP contribution in [-0.2, 0) is 0 Å². The summed E-state index contributed by atoms with van der Waals surface area (Å²) >= 11 is 2.07. The fraction of sp³-hybridized carbons (Fsp3) is 0.565. The van der Waals surface area contributed by atoms with Crippen molar-refractivity contribution in [3.05, 3.63) is 60.4 Å². The number of hydrogen-bond acceptors (Lipinski definition) is 2. The average molecular weight is 361 g/mol. The molecule has 0 aromatic heterocycles. The molecule has 0 saturated heterocycles. The fourth-order valence-corrected chi connectivity index (χ4v) is 4.95. The highest BCUT2D eigenvalue weighted by molar-refractivity contribution is 7.99. The van der Waals surface area contributed by atoms with E-state index in [-0.39, 0.29) is 0 Å². The van der Waals surface area contributed by atoms with Gasteiger partial charge in [-0.3, -0.25) is 0 Å². The molecule has 1 nitrogen and oxygen atoms in total. The second-order valence-electron chi connectivity index (χ2n) is 7.07. The summed E-state index contributed by atoms with van der Waals surface area (Å²) in [6.45, 7) is 14.7. The van der Waals surface area contributed by atoms with Crippen LogP contribution >= 0.6 is 11.8 Å². The van der Waals surface area contributed by atoms with Crippen molar-refractivity contribution in [1.29, 1.82) is 0 Å². The summed E-state index contributed by atoms with van der Waals surface area (Å²) in [7, 11) is 0. The Labute approximate surface area is 159 Å². The second kappa shape index (κ2) is 12.2.